The lowest BCUT2D eigenvalue weighted by Gasteiger charge is -2.07. The fourth-order valence-electron chi connectivity index (χ4n) is 1.55. The van der Waals surface area contributed by atoms with Crippen molar-refractivity contribution in [1.29, 1.82) is 0 Å². The number of carboxylic acids is 1. The van der Waals surface area contributed by atoms with E-state index in [9.17, 15) is 14.9 Å². The largest absolute Gasteiger partial charge is 0.480 e. The lowest BCUT2D eigenvalue weighted by atomic mass is 10.2. The third-order valence-corrected chi connectivity index (χ3v) is 2.52. The summed E-state index contributed by atoms with van der Waals surface area (Å²) in [6.45, 7) is 1.47. The predicted octanol–water partition coefficient (Wildman–Crippen LogP) is 1.59. The van der Waals surface area contributed by atoms with Crippen molar-refractivity contribution in [3.05, 3.63) is 34.5 Å². The lowest BCUT2D eigenvalue weighted by Crippen LogP contribution is -2.16. The minimum Gasteiger partial charge on any atom is -0.480 e. The van der Waals surface area contributed by atoms with Crippen LogP contribution in [0.1, 0.15) is 13.0 Å². The molecule has 0 saturated carbocycles. The average molecular weight is 235 g/mol. The summed E-state index contributed by atoms with van der Waals surface area (Å²) in [7, 11) is 0. The normalized spacial score (nSPS) is 12.5. The highest BCUT2D eigenvalue weighted by Crippen LogP contribution is 2.23. The van der Waals surface area contributed by atoms with Crippen molar-refractivity contribution in [2.45, 2.75) is 13.0 Å². The molecule has 0 bridgehead atoms. The van der Waals surface area contributed by atoms with Gasteiger partial charge in [0.2, 0.25) is 0 Å². The Hall–Kier alpha value is -2.44. The van der Waals surface area contributed by atoms with Gasteiger partial charge in [0.15, 0.2) is 0 Å². The SMILES string of the molecule is C[C@@H](C(=O)O)n1ncc2ccc([N+](=O)[O-])cc21. The summed E-state index contributed by atoms with van der Waals surface area (Å²) in [6.07, 6.45) is 1.48. The number of aliphatic carboxylic acids is 1. The molecule has 0 aliphatic heterocycles. The molecule has 0 unspecified atom stereocenters. The van der Waals surface area contributed by atoms with E-state index >= 15 is 0 Å². The van der Waals surface area contributed by atoms with Gasteiger partial charge in [0, 0.05) is 17.5 Å². The highest BCUT2D eigenvalue weighted by atomic mass is 16.6. The first-order valence-corrected chi connectivity index (χ1v) is 4.85. The van der Waals surface area contributed by atoms with Gasteiger partial charge in [0.25, 0.3) is 5.69 Å². The zero-order valence-corrected chi connectivity index (χ0v) is 8.90. The van der Waals surface area contributed by atoms with E-state index in [1.54, 1.807) is 6.07 Å². The minimum atomic E-state index is -1.04. The summed E-state index contributed by atoms with van der Waals surface area (Å²) in [5.41, 5.74) is 0.353. The molecule has 0 spiro atoms. The standard InChI is InChI=1S/C10H9N3O4/c1-6(10(14)15)12-9-4-8(13(16)17)3-2-7(9)5-11-12/h2-6H,1H3,(H,14,15)/t6-/m0/s1. The number of hydrogen-bond donors (Lipinski definition) is 1. The molecular weight excluding hydrogens is 226 g/mol. The molecular formula is C10H9N3O4. The van der Waals surface area contributed by atoms with Crippen LogP contribution >= 0.6 is 0 Å². The Morgan fingerprint density at radius 3 is 2.88 bits per heavy atom. The maximum absolute atomic E-state index is 10.9. The van der Waals surface area contributed by atoms with E-state index in [2.05, 4.69) is 5.10 Å². The van der Waals surface area contributed by atoms with E-state index in [-0.39, 0.29) is 5.69 Å². The second-order valence-corrected chi connectivity index (χ2v) is 3.60. The molecule has 1 heterocycles. The maximum Gasteiger partial charge on any atom is 0.328 e. The van der Waals surface area contributed by atoms with Crippen LogP contribution in [0.3, 0.4) is 0 Å². The molecule has 7 heteroatoms. The highest BCUT2D eigenvalue weighted by molar-refractivity contribution is 5.83. The Kier molecular flexibility index (Phi) is 2.51. The average Bonchev–Trinajstić information content (AvgIpc) is 2.70. The van der Waals surface area contributed by atoms with E-state index in [0.29, 0.717) is 10.9 Å². The summed E-state index contributed by atoms with van der Waals surface area (Å²) in [6, 6.07) is 3.36. The maximum atomic E-state index is 10.9. The smallest absolute Gasteiger partial charge is 0.328 e. The second kappa shape index (κ2) is 3.85. The molecule has 88 valence electrons. The number of non-ortho nitro benzene ring substituents is 1. The van der Waals surface area contributed by atoms with Crippen molar-refractivity contribution in [3.63, 3.8) is 0 Å². The molecule has 0 amide bonds. The van der Waals surface area contributed by atoms with E-state index in [4.69, 9.17) is 5.11 Å². The first-order valence-electron chi connectivity index (χ1n) is 4.85. The van der Waals surface area contributed by atoms with Crippen molar-refractivity contribution in [1.82, 2.24) is 9.78 Å². The van der Waals surface area contributed by atoms with Gasteiger partial charge in [-0.3, -0.25) is 14.8 Å². The Bertz CT molecular complexity index is 605. The fourth-order valence-corrected chi connectivity index (χ4v) is 1.55. The summed E-state index contributed by atoms with van der Waals surface area (Å²) in [5, 5.41) is 24.1. The topological polar surface area (TPSA) is 98.3 Å². The van der Waals surface area contributed by atoms with Crippen LogP contribution in [-0.2, 0) is 4.79 Å². The molecule has 0 fully saturated rings. The monoisotopic (exact) mass is 235 g/mol. The minimum absolute atomic E-state index is 0.0863. The second-order valence-electron chi connectivity index (χ2n) is 3.60. The van der Waals surface area contributed by atoms with Crippen molar-refractivity contribution in [2.24, 2.45) is 0 Å². The van der Waals surface area contributed by atoms with Gasteiger partial charge in [0.05, 0.1) is 16.6 Å². The molecule has 1 aromatic heterocycles. The van der Waals surface area contributed by atoms with Crippen LogP contribution in [-0.4, -0.2) is 25.8 Å². The van der Waals surface area contributed by atoms with Gasteiger partial charge in [-0.15, -0.1) is 0 Å². The third-order valence-electron chi connectivity index (χ3n) is 2.52. The number of carbonyl (C=O) groups is 1. The van der Waals surface area contributed by atoms with Crippen LogP contribution in [0, 0.1) is 10.1 Å². The number of carboxylic acid groups (broad SMARTS) is 1. The number of rotatable bonds is 3. The number of nitro benzene ring substituents is 1. The molecule has 2 rings (SSSR count). The number of nitro groups is 1. The molecule has 2 aromatic rings. The van der Waals surface area contributed by atoms with E-state index < -0.39 is 16.9 Å². The van der Waals surface area contributed by atoms with E-state index in [0.717, 1.165) is 0 Å². The zero-order valence-electron chi connectivity index (χ0n) is 8.90. The number of nitrogens with zero attached hydrogens (tertiary/aromatic N) is 3. The first-order chi connectivity index (χ1) is 8.00. The molecule has 0 radical (unpaired) electrons. The Morgan fingerprint density at radius 2 is 2.29 bits per heavy atom. The molecule has 0 aliphatic rings. The number of benzene rings is 1. The zero-order chi connectivity index (χ0) is 12.6. The van der Waals surface area contributed by atoms with Crippen LogP contribution < -0.4 is 0 Å². The Morgan fingerprint density at radius 1 is 1.59 bits per heavy atom. The van der Waals surface area contributed by atoms with Gasteiger partial charge in [-0.2, -0.15) is 5.10 Å². The van der Waals surface area contributed by atoms with Crippen molar-refractivity contribution < 1.29 is 14.8 Å². The molecule has 1 N–H and O–H groups in total. The van der Waals surface area contributed by atoms with Gasteiger partial charge in [-0.05, 0) is 13.0 Å². The number of hydrogen-bond acceptors (Lipinski definition) is 4. The van der Waals surface area contributed by atoms with Gasteiger partial charge in [0.1, 0.15) is 6.04 Å². The van der Waals surface area contributed by atoms with Crippen molar-refractivity contribution in [2.75, 3.05) is 0 Å². The van der Waals surface area contributed by atoms with Gasteiger partial charge in [-0.1, -0.05) is 0 Å². The van der Waals surface area contributed by atoms with Crippen molar-refractivity contribution >= 4 is 22.6 Å². The molecule has 0 aliphatic carbocycles. The number of aromatic nitrogens is 2. The Balaban J connectivity index is 2.61. The van der Waals surface area contributed by atoms with E-state index in [1.807, 2.05) is 0 Å². The van der Waals surface area contributed by atoms with Crippen LogP contribution in [0.5, 0.6) is 0 Å². The van der Waals surface area contributed by atoms with Gasteiger partial charge < -0.3 is 5.11 Å². The van der Waals surface area contributed by atoms with Crippen LogP contribution in [0.4, 0.5) is 5.69 Å². The summed E-state index contributed by atoms with van der Waals surface area (Å²) in [4.78, 5) is 21.0. The van der Waals surface area contributed by atoms with Gasteiger partial charge in [-0.25, -0.2) is 4.79 Å². The molecule has 1 atom stereocenters. The summed E-state index contributed by atoms with van der Waals surface area (Å²) in [5.74, 6) is -1.04. The third kappa shape index (κ3) is 1.82. The summed E-state index contributed by atoms with van der Waals surface area (Å²) < 4.78 is 1.25. The molecule has 1 aromatic carbocycles. The lowest BCUT2D eigenvalue weighted by molar-refractivity contribution is -0.384. The molecule has 7 nitrogen and oxygen atoms in total. The molecule has 0 saturated heterocycles. The highest BCUT2D eigenvalue weighted by Gasteiger charge is 2.18. The molecule has 17 heavy (non-hydrogen) atoms. The van der Waals surface area contributed by atoms with Crippen LogP contribution in [0.25, 0.3) is 10.9 Å². The van der Waals surface area contributed by atoms with Crippen molar-refractivity contribution in [3.8, 4) is 0 Å². The quantitative estimate of drug-likeness (QED) is 0.643. The van der Waals surface area contributed by atoms with Gasteiger partial charge >= 0.3 is 5.97 Å². The van der Waals surface area contributed by atoms with Crippen LogP contribution in [0.2, 0.25) is 0 Å². The summed E-state index contributed by atoms with van der Waals surface area (Å²) >= 11 is 0. The first kappa shape index (κ1) is 11.1. The Labute approximate surface area is 95.4 Å². The van der Waals surface area contributed by atoms with E-state index in [1.165, 1.54) is 29.9 Å². The number of fused-ring (bicyclic) bond motifs is 1. The van der Waals surface area contributed by atoms with Crippen LogP contribution in [0.15, 0.2) is 24.4 Å². The predicted molar refractivity (Wildman–Crippen MR) is 58.7 cm³/mol. The fraction of sp³-hybridized carbons (Fsp3) is 0.200.